The molecule has 11 heteroatoms. The van der Waals surface area contributed by atoms with E-state index in [9.17, 15) is 22.8 Å². The summed E-state index contributed by atoms with van der Waals surface area (Å²) in [5.74, 6) is 0. The molecule has 2 aliphatic rings. The van der Waals surface area contributed by atoms with Crippen LogP contribution in [0.3, 0.4) is 0 Å². The van der Waals surface area contributed by atoms with Crippen LogP contribution >= 0.6 is 0 Å². The second-order valence-electron chi connectivity index (χ2n) is 5.97. The van der Waals surface area contributed by atoms with E-state index in [-0.39, 0.29) is 16.9 Å². The lowest BCUT2D eigenvalue weighted by Gasteiger charge is -2.07. The molecule has 0 saturated heterocycles. The molecule has 28 heavy (non-hydrogen) atoms. The van der Waals surface area contributed by atoms with Crippen molar-refractivity contribution < 1.29 is 18.0 Å². The summed E-state index contributed by atoms with van der Waals surface area (Å²) in [5.41, 5.74) is -0.274. The maximum absolute atomic E-state index is 12.7. The topological polar surface area (TPSA) is 97.6 Å². The fraction of sp³-hybridized carbons (Fsp3) is 0.176. The van der Waals surface area contributed by atoms with Crippen molar-refractivity contribution in [2.45, 2.75) is 13.1 Å². The highest BCUT2D eigenvalue weighted by molar-refractivity contribution is 5.95. The SMILES string of the molecule is CCNC(=O)n1ncc2c3nn(-c4ccc(C(F)(F)F)cc4)c(=O)c-3c[nH]c21. The molecule has 1 aromatic carbocycles. The first-order valence-corrected chi connectivity index (χ1v) is 8.25. The van der Waals surface area contributed by atoms with Gasteiger partial charge in [-0.05, 0) is 31.2 Å². The number of halogens is 3. The Morgan fingerprint density at radius 1 is 1.25 bits per heavy atom. The number of aromatic amines is 1. The van der Waals surface area contributed by atoms with Crippen LogP contribution in [0.15, 0.2) is 41.5 Å². The fourth-order valence-electron chi connectivity index (χ4n) is 2.89. The van der Waals surface area contributed by atoms with Crippen LogP contribution in [-0.4, -0.2) is 37.1 Å². The fourth-order valence-corrected chi connectivity index (χ4v) is 2.89. The molecular formula is C17H13F3N6O2. The minimum absolute atomic E-state index is 0.193. The first kappa shape index (κ1) is 17.8. The average Bonchev–Trinajstić information content (AvgIpc) is 3.23. The number of carbonyl (C=O) groups excluding carboxylic acids is 1. The maximum Gasteiger partial charge on any atom is 0.416 e. The number of alkyl halides is 3. The van der Waals surface area contributed by atoms with Gasteiger partial charge in [-0.25, -0.2) is 4.79 Å². The van der Waals surface area contributed by atoms with Crippen molar-refractivity contribution in [2.24, 2.45) is 0 Å². The molecule has 4 rings (SSSR count). The Kier molecular flexibility index (Phi) is 3.95. The number of aromatic nitrogens is 5. The number of H-pyrrole nitrogens is 1. The molecule has 1 amide bonds. The van der Waals surface area contributed by atoms with Gasteiger partial charge in [-0.2, -0.15) is 32.7 Å². The Bertz CT molecular complexity index is 1200. The number of nitrogens with one attached hydrogen (secondary N) is 2. The van der Waals surface area contributed by atoms with Crippen LogP contribution in [0, 0.1) is 0 Å². The highest BCUT2D eigenvalue weighted by Gasteiger charge is 2.30. The van der Waals surface area contributed by atoms with Crippen LogP contribution < -0.4 is 10.9 Å². The molecule has 0 radical (unpaired) electrons. The smallest absolute Gasteiger partial charge is 0.345 e. The number of nitrogens with zero attached hydrogens (tertiary/aromatic N) is 4. The number of pyridine rings is 1. The molecule has 0 bridgehead atoms. The molecule has 0 atom stereocenters. The average molecular weight is 390 g/mol. The van der Waals surface area contributed by atoms with Crippen molar-refractivity contribution in [3.8, 4) is 16.9 Å². The number of rotatable bonds is 2. The largest absolute Gasteiger partial charge is 0.416 e. The summed E-state index contributed by atoms with van der Waals surface area (Å²) in [4.78, 5) is 27.6. The van der Waals surface area contributed by atoms with Gasteiger partial charge in [0.25, 0.3) is 5.56 Å². The molecule has 0 aliphatic carbocycles. The van der Waals surface area contributed by atoms with Gasteiger partial charge >= 0.3 is 12.2 Å². The minimum Gasteiger partial charge on any atom is -0.345 e. The summed E-state index contributed by atoms with van der Waals surface area (Å²) in [5, 5.41) is 11.3. The predicted molar refractivity (Wildman–Crippen MR) is 93.6 cm³/mol. The number of hydrogen-bond acceptors (Lipinski definition) is 4. The summed E-state index contributed by atoms with van der Waals surface area (Å²) in [6.45, 7) is 2.18. The Hall–Kier alpha value is -3.63. The van der Waals surface area contributed by atoms with E-state index in [1.165, 1.54) is 24.5 Å². The van der Waals surface area contributed by atoms with Crippen LogP contribution in [0.4, 0.5) is 18.0 Å². The van der Waals surface area contributed by atoms with Crippen molar-refractivity contribution in [3.05, 3.63) is 52.6 Å². The molecule has 0 fully saturated rings. The van der Waals surface area contributed by atoms with Crippen molar-refractivity contribution in [3.63, 3.8) is 0 Å². The molecular weight excluding hydrogens is 377 g/mol. The van der Waals surface area contributed by atoms with Crippen LogP contribution in [-0.2, 0) is 6.18 Å². The molecule has 1 aromatic heterocycles. The normalized spacial score (nSPS) is 12.0. The Morgan fingerprint density at radius 2 is 1.96 bits per heavy atom. The standard InChI is InChI=1S/C17H13F3N6O2/c1-2-21-16(28)26-14-11(8-23-26)13-12(7-22-14)15(27)25(24-13)10-5-3-9(4-6-10)17(18,19)20/h3-8,22H,2H2,1H3,(H,21,28). The summed E-state index contributed by atoms with van der Waals surface area (Å²) in [7, 11) is 0. The third-order valence-corrected chi connectivity index (χ3v) is 4.22. The summed E-state index contributed by atoms with van der Waals surface area (Å²) >= 11 is 0. The van der Waals surface area contributed by atoms with Gasteiger partial charge < -0.3 is 10.3 Å². The van der Waals surface area contributed by atoms with Crippen LogP contribution in [0.5, 0.6) is 0 Å². The summed E-state index contributed by atoms with van der Waals surface area (Å²) in [6.07, 6.45) is -1.68. The lowest BCUT2D eigenvalue weighted by atomic mass is 10.2. The molecule has 0 saturated carbocycles. The monoisotopic (exact) mass is 390 g/mol. The molecule has 0 spiro atoms. The summed E-state index contributed by atoms with van der Waals surface area (Å²) < 4.78 is 40.3. The second kappa shape index (κ2) is 6.22. The zero-order chi connectivity index (χ0) is 20.1. The molecule has 144 valence electrons. The number of carbonyl (C=O) groups is 1. The van der Waals surface area contributed by atoms with E-state index in [0.29, 0.717) is 17.6 Å². The zero-order valence-electron chi connectivity index (χ0n) is 14.4. The lowest BCUT2D eigenvalue weighted by molar-refractivity contribution is -0.137. The molecule has 2 aromatic rings. The van der Waals surface area contributed by atoms with Gasteiger partial charge in [0.1, 0.15) is 11.3 Å². The van der Waals surface area contributed by atoms with E-state index in [1.54, 1.807) is 6.92 Å². The van der Waals surface area contributed by atoms with Crippen LogP contribution in [0.25, 0.3) is 28.0 Å². The maximum atomic E-state index is 12.7. The van der Waals surface area contributed by atoms with Gasteiger partial charge in [-0.1, -0.05) is 0 Å². The molecule has 3 heterocycles. The quantitative estimate of drug-likeness (QED) is 0.550. The van der Waals surface area contributed by atoms with E-state index in [0.717, 1.165) is 21.5 Å². The minimum atomic E-state index is -4.47. The Balaban J connectivity index is 1.85. The number of benzene rings is 1. The van der Waals surface area contributed by atoms with E-state index in [1.807, 2.05) is 0 Å². The van der Waals surface area contributed by atoms with Gasteiger partial charge in [0.15, 0.2) is 0 Å². The van der Waals surface area contributed by atoms with E-state index in [4.69, 9.17) is 0 Å². The number of amides is 1. The number of fused-ring (bicyclic) bond motifs is 3. The highest BCUT2D eigenvalue weighted by atomic mass is 19.4. The second-order valence-corrected chi connectivity index (χ2v) is 5.97. The Labute approximate surface area is 154 Å². The highest BCUT2D eigenvalue weighted by Crippen LogP contribution is 2.30. The molecule has 0 unspecified atom stereocenters. The Morgan fingerprint density at radius 3 is 2.61 bits per heavy atom. The van der Waals surface area contributed by atoms with Gasteiger partial charge in [-0.3, -0.25) is 4.79 Å². The molecule has 2 N–H and O–H groups in total. The van der Waals surface area contributed by atoms with Gasteiger partial charge in [-0.15, -0.1) is 0 Å². The summed E-state index contributed by atoms with van der Waals surface area (Å²) in [6, 6.07) is 3.67. The van der Waals surface area contributed by atoms with Crippen molar-refractivity contribution in [1.82, 2.24) is 29.9 Å². The molecule has 2 aliphatic heterocycles. The number of hydrogen-bond donors (Lipinski definition) is 2. The van der Waals surface area contributed by atoms with E-state index in [2.05, 4.69) is 20.5 Å². The molecule has 8 nitrogen and oxygen atoms in total. The van der Waals surface area contributed by atoms with Crippen LogP contribution in [0.1, 0.15) is 12.5 Å². The predicted octanol–water partition coefficient (Wildman–Crippen LogP) is 2.61. The van der Waals surface area contributed by atoms with Gasteiger partial charge in [0.05, 0.1) is 28.4 Å². The lowest BCUT2D eigenvalue weighted by Crippen LogP contribution is -2.29. The van der Waals surface area contributed by atoms with Crippen molar-refractivity contribution in [1.29, 1.82) is 0 Å². The van der Waals surface area contributed by atoms with E-state index >= 15 is 0 Å². The first-order valence-electron chi connectivity index (χ1n) is 8.25. The van der Waals surface area contributed by atoms with Crippen molar-refractivity contribution in [2.75, 3.05) is 6.54 Å². The van der Waals surface area contributed by atoms with Gasteiger partial charge in [0, 0.05) is 12.7 Å². The van der Waals surface area contributed by atoms with Crippen molar-refractivity contribution >= 4 is 17.1 Å². The third kappa shape index (κ3) is 2.71. The van der Waals surface area contributed by atoms with E-state index < -0.39 is 23.3 Å². The zero-order valence-corrected chi connectivity index (χ0v) is 14.4. The van der Waals surface area contributed by atoms with Crippen LogP contribution in [0.2, 0.25) is 0 Å². The third-order valence-electron chi connectivity index (χ3n) is 4.22. The van der Waals surface area contributed by atoms with Gasteiger partial charge in [0.2, 0.25) is 0 Å². The first-order chi connectivity index (χ1) is 13.3.